The minimum atomic E-state index is 0.198. The highest BCUT2D eigenvalue weighted by Gasteiger charge is 2.34. The van der Waals surface area contributed by atoms with E-state index < -0.39 is 0 Å². The molecule has 0 bridgehead atoms. The van der Waals surface area contributed by atoms with Crippen LogP contribution in [0.4, 0.5) is 11.6 Å². The normalized spacial score (nSPS) is 25.7. The Morgan fingerprint density at radius 3 is 3.14 bits per heavy atom. The van der Waals surface area contributed by atoms with Crippen LogP contribution in [0, 0.1) is 5.92 Å². The fourth-order valence-corrected chi connectivity index (χ4v) is 3.47. The largest absolute Gasteiger partial charge is 0.399 e. The van der Waals surface area contributed by atoms with Crippen LogP contribution >= 0.6 is 0 Å². The van der Waals surface area contributed by atoms with E-state index >= 15 is 0 Å². The first kappa shape index (κ1) is 12.5. The van der Waals surface area contributed by atoms with Crippen LogP contribution in [0.25, 0.3) is 11.0 Å². The van der Waals surface area contributed by atoms with E-state index in [2.05, 4.69) is 20.2 Å². The summed E-state index contributed by atoms with van der Waals surface area (Å²) in [6.45, 7) is 1.86. The van der Waals surface area contributed by atoms with Gasteiger partial charge in [0.2, 0.25) is 11.9 Å². The Hall–Kier alpha value is -2.24. The lowest BCUT2D eigenvalue weighted by molar-refractivity contribution is -0.124. The summed E-state index contributed by atoms with van der Waals surface area (Å²) in [5, 5.41) is 3.11. The van der Waals surface area contributed by atoms with E-state index in [1.165, 1.54) is 0 Å². The molecule has 2 atom stereocenters. The second kappa shape index (κ2) is 4.65. The molecule has 6 nitrogen and oxygen atoms in total. The third kappa shape index (κ3) is 2.20. The molecule has 3 heterocycles. The van der Waals surface area contributed by atoms with Crippen molar-refractivity contribution in [3.8, 4) is 0 Å². The molecule has 4 rings (SSSR count). The van der Waals surface area contributed by atoms with E-state index in [1.807, 2.05) is 18.2 Å². The number of carbonyl (C=O) groups excluding carboxylic acids is 1. The van der Waals surface area contributed by atoms with Crippen molar-refractivity contribution in [2.75, 3.05) is 23.7 Å². The second-order valence-electron chi connectivity index (χ2n) is 6.04. The number of imidazole rings is 1. The van der Waals surface area contributed by atoms with E-state index in [9.17, 15) is 4.79 Å². The maximum Gasteiger partial charge on any atom is 0.220 e. The Bertz CT molecular complexity index is 694. The number of nitrogens with one attached hydrogen (secondary N) is 2. The van der Waals surface area contributed by atoms with Gasteiger partial charge in [0.05, 0.1) is 11.0 Å². The minimum absolute atomic E-state index is 0.198. The van der Waals surface area contributed by atoms with Gasteiger partial charge in [0.25, 0.3) is 0 Å². The lowest BCUT2D eigenvalue weighted by Gasteiger charge is -2.41. The van der Waals surface area contributed by atoms with Gasteiger partial charge in [-0.2, -0.15) is 0 Å². The van der Waals surface area contributed by atoms with Crippen LogP contribution in [0.1, 0.15) is 19.3 Å². The molecular weight excluding hydrogens is 266 g/mol. The molecule has 2 fully saturated rings. The Morgan fingerprint density at radius 2 is 2.24 bits per heavy atom. The quantitative estimate of drug-likeness (QED) is 0.688. The highest BCUT2D eigenvalue weighted by molar-refractivity contribution is 5.81. The Balaban J connectivity index is 1.57. The molecule has 0 saturated carbocycles. The van der Waals surface area contributed by atoms with Crippen molar-refractivity contribution in [1.82, 2.24) is 15.3 Å². The number of carbonyl (C=O) groups is 1. The van der Waals surface area contributed by atoms with Gasteiger partial charge in [-0.05, 0) is 37.0 Å². The minimum Gasteiger partial charge on any atom is -0.399 e. The van der Waals surface area contributed by atoms with Gasteiger partial charge in [-0.25, -0.2) is 4.98 Å². The van der Waals surface area contributed by atoms with Crippen LogP contribution < -0.4 is 16.0 Å². The van der Waals surface area contributed by atoms with Crippen LogP contribution in [0.5, 0.6) is 0 Å². The summed E-state index contributed by atoms with van der Waals surface area (Å²) in [6, 6.07) is 6.07. The van der Waals surface area contributed by atoms with Crippen molar-refractivity contribution in [2.45, 2.75) is 25.3 Å². The standard InChI is InChI=1S/C15H19N5O/c16-10-2-3-12-13(7-10)19-15(18-12)20-6-5-11-9(8-20)1-4-14(21)17-11/h2-3,7,9,11H,1,4-6,8,16H2,(H,17,21)(H,18,19). The van der Waals surface area contributed by atoms with Gasteiger partial charge in [-0.3, -0.25) is 4.79 Å². The number of nitrogen functional groups attached to an aromatic ring is 1. The van der Waals surface area contributed by atoms with Crippen molar-refractivity contribution in [3.63, 3.8) is 0 Å². The number of hydrogen-bond acceptors (Lipinski definition) is 4. The van der Waals surface area contributed by atoms with E-state index in [4.69, 9.17) is 5.73 Å². The van der Waals surface area contributed by atoms with E-state index in [0.717, 1.165) is 48.6 Å². The number of fused-ring (bicyclic) bond motifs is 2. The highest BCUT2D eigenvalue weighted by Crippen LogP contribution is 2.28. The summed E-state index contributed by atoms with van der Waals surface area (Å²) in [4.78, 5) is 21.8. The molecular formula is C15H19N5O. The number of nitrogens with two attached hydrogens (primary N) is 1. The van der Waals surface area contributed by atoms with Crippen molar-refractivity contribution >= 4 is 28.6 Å². The molecule has 110 valence electrons. The molecule has 6 heteroatoms. The number of anilines is 2. The van der Waals surface area contributed by atoms with Gasteiger partial charge in [0.1, 0.15) is 0 Å². The topological polar surface area (TPSA) is 87.0 Å². The SMILES string of the molecule is Nc1ccc2nc(N3CCC4NC(=O)CCC4C3)[nH]c2c1. The molecule has 0 spiro atoms. The number of amides is 1. The summed E-state index contributed by atoms with van der Waals surface area (Å²) >= 11 is 0. The number of H-pyrrole nitrogens is 1. The monoisotopic (exact) mass is 285 g/mol. The molecule has 1 aromatic carbocycles. The highest BCUT2D eigenvalue weighted by atomic mass is 16.1. The molecule has 0 radical (unpaired) electrons. The van der Waals surface area contributed by atoms with E-state index in [-0.39, 0.29) is 5.91 Å². The van der Waals surface area contributed by atoms with Crippen LogP contribution in [0.2, 0.25) is 0 Å². The molecule has 2 saturated heterocycles. The number of benzene rings is 1. The van der Waals surface area contributed by atoms with Crippen LogP contribution in [-0.4, -0.2) is 35.0 Å². The number of rotatable bonds is 1. The average Bonchev–Trinajstić information content (AvgIpc) is 2.89. The molecule has 2 aliphatic heterocycles. The molecule has 2 aliphatic rings. The van der Waals surface area contributed by atoms with Gasteiger partial charge in [0.15, 0.2) is 0 Å². The van der Waals surface area contributed by atoms with Gasteiger partial charge in [0, 0.05) is 31.2 Å². The lowest BCUT2D eigenvalue weighted by atomic mass is 9.85. The van der Waals surface area contributed by atoms with E-state index in [1.54, 1.807) is 0 Å². The summed E-state index contributed by atoms with van der Waals surface area (Å²) in [7, 11) is 0. The number of aromatic amines is 1. The molecule has 2 unspecified atom stereocenters. The summed E-state index contributed by atoms with van der Waals surface area (Å²) in [5.41, 5.74) is 8.47. The zero-order chi connectivity index (χ0) is 14.4. The fraction of sp³-hybridized carbons (Fsp3) is 0.467. The third-order valence-corrected chi connectivity index (χ3v) is 4.62. The van der Waals surface area contributed by atoms with Crippen molar-refractivity contribution in [1.29, 1.82) is 0 Å². The summed E-state index contributed by atoms with van der Waals surface area (Å²) < 4.78 is 0. The summed E-state index contributed by atoms with van der Waals surface area (Å²) in [5.74, 6) is 1.63. The van der Waals surface area contributed by atoms with Gasteiger partial charge < -0.3 is 20.9 Å². The van der Waals surface area contributed by atoms with E-state index in [0.29, 0.717) is 18.4 Å². The smallest absolute Gasteiger partial charge is 0.220 e. The molecule has 2 aromatic rings. The first-order chi connectivity index (χ1) is 10.2. The van der Waals surface area contributed by atoms with Crippen molar-refractivity contribution in [3.05, 3.63) is 18.2 Å². The number of piperidine rings is 2. The first-order valence-electron chi connectivity index (χ1n) is 7.48. The Labute approximate surface area is 122 Å². The van der Waals surface area contributed by atoms with Crippen molar-refractivity contribution < 1.29 is 4.79 Å². The van der Waals surface area contributed by atoms with Gasteiger partial charge in [-0.1, -0.05) is 0 Å². The van der Waals surface area contributed by atoms with Gasteiger partial charge in [-0.15, -0.1) is 0 Å². The number of hydrogen-bond donors (Lipinski definition) is 3. The van der Waals surface area contributed by atoms with Crippen molar-refractivity contribution in [2.24, 2.45) is 5.92 Å². The molecule has 1 aromatic heterocycles. The zero-order valence-corrected chi connectivity index (χ0v) is 11.8. The van der Waals surface area contributed by atoms with Crippen LogP contribution in [0.15, 0.2) is 18.2 Å². The van der Waals surface area contributed by atoms with Gasteiger partial charge >= 0.3 is 0 Å². The van der Waals surface area contributed by atoms with Crippen LogP contribution in [0.3, 0.4) is 0 Å². The predicted molar refractivity (Wildman–Crippen MR) is 82.0 cm³/mol. The number of nitrogens with zero attached hydrogens (tertiary/aromatic N) is 2. The molecule has 0 aliphatic carbocycles. The maximum atomic E-state index is 11.5. The van der Waals surface area contributed by atoms with Crippen LogP contribution in [-0.2, 0) is 4.79 Å². The third-order valence-electron chi connectivity index (χ3n) is 4.62. The number of aromatic nitrogens is 2. The summed E-state index contributed by atoms with van der Waals surface area (Å²) in [6.07, 6.45) is 2.60. The Kier molecular flexibility index (Phi) is 2.77. The second-order valence-corrected chi connectivity index (χ2v) is 6.04. The molecule has 1 amide bonds. The Morgan fingerprint density at radius 1 is 1.33 bits per heavy atom. The predicted octanol–water partition coefficient (Wildman–Crippen LogP) is 1.25. The fourth-order valence-electron chi connectivity index (χ4n) is 3.47. The average molecular weight is 285 g/mol. The first-order valence-corrected chi connectivity index (χ1v) is 7.48. The molecule has 21 heavy (non-hydrogen) atoms. The zero-order valence-electron chi connectivity index (χ0n) is 11.8. The maximum absolute atomic E-state index is 11.5. The lowest BCUT2D eigenvalue weighted by Crippen LogP contribution is -2.54. The molecule has 4 N–H and O–H groups in total.